The van der Waals surface area contributed by atoms with Crippen molar-refractivity contribution >= 4 is 40.1 Å². The molecule has 0 aliphatic heterocycles. The maximum absolute atomic E-state index is 12.3. The normalized spacial score (nSPS) is 11.5. The van der Waals surface area contributed by atoms with Gasteiger partial charge in [-0.05, 0) is 115 Å². The van der Waals surface area contributed by atoms with Crippen molar-refractivity contribution in [2.75, 3.05) is 9.80 Å². The Kier molecular flexibility index (Phi) is 9.26. The number of ether oxygens (including phenoxy) is 1. The quantitative estimate of drug-likeness (QED) is 0.115. The lowest BCUT2D eigenvalue weighted by atomic mass is 10.0. The van der Waals surface area contributed by atoms with Crippen LogP contribution in [0.5, 0.6) is 5.75 Å². The van der Waals surface area contributed by atoms with Gasteiger partial charge in [0.15, 0.2) is 0 Å². The van der Waals surface area contributed by atoms with E-state index in [0.717, 1.165) is 51.7 Å². The Hall–Kier alpha value is -5.61. The Bertz CT molecular complexity index is 1870. The van der Waals surface area contributed by atoms with Crippen LogP contribution in [0.2, 0.25) is 0 Å². The van der Waals surface area contributed by atoms with Gasteiger partial charge in [-0.3, -0.25) is 4.79 Å². The molecule has 4 heteroatoms. The van der Waals surface area contributed by atoms with Gasteiger partial charge in [-0.15, -0.1) is 0 Å². The number of benzene rings is 6. The van der Waals surface area contributed by atoms with Gasteiger partial charge in [-0.2, -0.15) is 0 Å². The van der Waals surface area contributed by atoms with Crippen LogP contribution in [-0.4, -0.2) is 5.97 Å². The van der Waals surface area contributed by atoms with Gasteiger partial charge in [-0.25, -0.2) is 0 Å². The van der Waals surface area contributed by atoms with Crippen molar-refractivity contribution in [1.82, 2.24) is 0 Å². The summed E-state index contributed by atoms with van der Waals surface area (Å²) in [7, 11) is 0. The molecule has 0 saturated carbocycles. The molecule has 6 aromatic rings. The molecule has 1 unspecified atom stereocenters. The van der Waals surface area contributed by atoms with Crippen LogP contribution in [-0.2, 0) is 4.79 Å². The SMILES string of the molecule is CCC(C)C(=O)Oc1ccc(N(c2ccccc2)c2ccc(-c3ccc(N(c4ccccc4)c4cccc(C)c4)cc3)cc2)cc1. The molecule has 0 radical (unpaired) electrons. The second-order valence-electron chi connectivity index (χ2n) is 11.5. The van der Waals surface area contributed by atoms with Gasteiger partial charge in [0.25, 0.3) is 0 Å². The smallest absolute Gasteiger partial charge is 0.314 e. The summed E-state index contributed by atoms with van der Waals surface area (Å²) in [4.78, 5) is 16.8. The molecule has 0 fully saturated rings. The van der Waals surface area contributed by atoms with Crippen molar-refractivity contribution < 1.29 is 9.53 Å². The summed E-state index contributed by atoms with van der Waals surface area (Å²) >= 11 is 0. The highest BCUT2D eigenvalue weighted by atomic mass is 16.5. The highest BCUT2D eigenvalue weighted by Gasteiger charge is 2.16. The third kappa shape index (κ3) is 6.87. The Morgan fingerprint density at radius 2 is 0.957 bits per heavy atom. The fourth-order valence-electron chi connectivity index (χ4n) is 5.47. The van der Waals surface area contributed by atoms with Gasteiger partial charge in [-0.1, -0.05) is 86.6 Å². The second kappa shape index (κ2) is 14.0. The summed E-state index contributed by atoms with van der Waals surface area (Å²) in [6.07, 6.45) is 0.748. The third-order valence-corrected chi connectivity index (χ3v) is 8.20. The van der Waals surface area contributed by atoms with Gasteiger partial charge in [0, 0.05) is 34.1 Å². The Balaban J connectivity index is 1.27. The predicted molar refractivity (Wildman–Crippen MR) is 191 cm³/mol. The number of hydrogen-bond donors (Lipinski definition) is 0. The topological polar surface area (TPSA) is 32.8 Å². The first-order chi connectivity index (χ1) is 22.5. The molecule has 0 aliphatic carbocycles. The van der Waals surface area contributed by atoms with Crippen molar-refractivity contribution in [1.29, 1.82) is 0 Å². The average molecular weight is 603 g/mol. The summed E-state index contributed by atoms with van der Waals surface area (Å²) in [5.41, 5.74) is 9.91. The van der Waals surface area contributed by atoms with Crippen LogP contribution in [0.25, 0.3) is 11.1 Å². The molecule has 4 nitrogen and oxygen atoms in total. The molecule has 6 rings (SSSR count). The average Bonchev–Trinajstić information content (AvgIpc) is 3.10. The van der Waals surface area contributed by atoms with Crippen molar-refractivity contribution in [3.05, 3.63) is 163 Å². The Labute approximate surface area is 272 Å². The predicted octanol–water partition coefficient (Wildman–Crippen LogP) is 11.6. The molecular weight excluding hydrogens is 564 g/mol. The zero-order valence-electron chi connectivity index (χ0n) is 26.5. The molecule has 0 aromatic heterocycles. The first-order valence-corrected chi connectivity index (χ1v) is 15.8. The van der Waals surface area contributed by atoms with Gasteiger partial charge in [0.2, 0.25) is 0 Å². The molecule has 0 aliphatic rings. The molecule has 0 N–H and O–H groups in total. The zero-order valence-corrected chi connectivity index (χ0v) is 26.5. The van der Waals surface area contributed by atoms with Crippen LogP contribution >= 0.6 is 0 Å². The van der Waals surface area contributed by atoms with E-state index >= 15 is 0 Å². The number of anilines is 6. The fourth-order valence-corrected chi connectivity index (χ4v) is 5.47. The fraction of sp³-hybridized carbons (Fsp3) is 0.119. The number of rotatable bonds is 10. The molecule has 0 saturated heterocycles. The van der Waals surface area contributed by atoms with Gasteiger partial charge in [0.05, 0.1) is 5.92 Å². The van der Waals surface area contributed by atoms with Crippen LogP contribution in [0.1, 0.15) is 25.8 Å². The number of carbonyl (C=O) groups excluding carboxylic acids is 1. The largest absolute Gasteiger partial charge is 0.426 e. The van der Waals surface area contributed by atoms with E-state index in [1.165, 1.54) is 5.56 Å². The number of carbonyl (C=O) groups is 1. The van der Waals surface area contributed by atoms with Gasteiger partial charge >= 0.3 is 5.97 Å². The molecular formula is C42H38N2O2. The van der Waals surface area contributed by atoms with E-state index < -0.39 is 0 Å². The highest BCUT2D eigenvalue weighted by Crippen LogP contribution is 2.38. The van der Waals surface area contributed by atoms with Crippen LogP contribution in [0.3, 0.4) is 0 Å². The first kappa shape index (κ1) is 30.4. The van der Waals surface area contributed by atoms with E-state index in [0.29, 0.717) is 5.75 Å². The van der Waals surface area contributed by atoms with Crippen molar-refractivity contribution in [3.8, 4) is 16.9 Å². The Morgan fingerprint density at radius 1 is 0.543 bits per heavy atom. The van der Waals surface area contributed by atoms with Crippen LogP contribution in [0.15, 0.2) is 158 Å². The molecule has 0 spiro atoms. The van der Waals surface area contributed by atoms with E-state index in [2.05, 4.69) is 126 Å². The maximum Gasteiger partial charge on any atom is 0.314 e. The number of aryl methyl sites for hydroxylation is 1. The second-order valence-corrected chi connectivity index (χ2v) is 11.5. The zero-order chi connectivity index (χ0) is 31.9. The van der Waals surface area contributed by atoms with Gasteiger partial charge < -0.3 is 14.5 Å². The molecule has 0 bridgehead atoms. The molecule has 6 aromatic carbocycles. The summed E-state index contributed by atoms with van der Waals surface area (Å²) in [6, 6.07) is 54.4. The third-order valence-electron chi connectivity index (χ3n) is 8.20. The monoisotopic (exact) mass is 602 g/mol. The minimum atomic E-state index is -0.207. The lowest BCUT2D eigenvalue weighted by molar-refractivity contribution is -0.138. The molecule has 0 heterocycles. The van der Waals surface area contributed by atoms with Crippen molar-refractivity contribution in [2.45, 2.75) is 27.2 Å². The lowest BCUT2D eigenvalue weighted by Gasteiger charge is -2.26. The van der Waals surface area contributed by atoms with E-state index in [4.69, 9.17) is 4.74 Å². The summed E-state index contributed by atoms with van der Waals surface area (Å²) in [5, 5.41) is 0. The molecule has 228 valence electrons. The van der Waals surface area contributed by atoms with Gasteiger partial charge in [0.1, 0.15) is 5.75 Å². The van der Waals surface area contributed by atoms with Crippen molar-refractivity contribution in [3.63, 3.8) is 0 Å². The minimum absolute atomic E-state index is 0.133. The minimum Gasteiger partial charge on any atom is -0.426 e. The van der Waals surface area contributed by atoms with E-state index in [1.807, 2.05) is 62.4 Å². The van der Waals surface area contributed by atoms with Crippen LogP contribution in [0.4, 0.5) is 34.1 Å². The molecule has 0 amide bonds. The molecule has 1 atom stereocenters. The summed E-state index contributed by atoms with van der Waals surface area (Å²) < 4.78 is 5.60. The van der Waals surface area contributed by atoms with Crippen LogP contribution < -0.4 is 14.5 Å². The lowest BCUT2D eigenvalue weighted by Crippen LogP contribution is -2.17. The van der Waals surface area contributed by atoms with E-state index in [1.54, 1.807) is 0 Å². The van der Waals surface area contributed by atoms with E-state index in [9.17, 15) is 4.79 Å². The summed E-state index contributed by atoms with van der Waals surface area (Å²) in [6.45, 7) is 5.99. The molecule has 46 heavy (non-hydrogen) atoms. The number of nitrogens with zero attached hydrogens (tertiary/aromatic N) is 2. The number of esters is 1. The number of hydrogen-bond acceptors (Lipinski definition) is 4. The number of para-hydroxylation sites is 2. The first-order valence-electron chi connectivity index (χ1n) is 15.8. The Morgan fingerprint density at radius 3 is 1.41 bits per heavy atom. The summed E-state index contributed by atoms with van der Waals surface area (Å²) in [5.74, 6) is 0.210. The van der Waals surface area contributed by atoms with Crippen molar-refractivity contribution in [2.24, 2.45) is 5.92 Å². The van der Waals surface area contributed by atoms with E-state index in [-0.39, 0.29) is 11.9 Å². The maximum atomic E-state index is 12.3. The standard InChI is InChI=1S/C42H38N2O2/c1-4-32(3)42(45)46-41-28-26-39(27-29-41)43(35-13-7-5-8-14-35)37-22-18-33(19-23-37)34-20-24-38(25-21-34)44(36-15-9-6-10-16-36)40-17-11-12-31(2)30-40/h5-30,32H,4H2,1-3H3. The highest BCUT2D eigenvalue weighted by molar-refractivity contribution is 5.81. The van der Waals surface area contributed by atoms with Crippen LogP contribution in [0, 0.1) is 12.8 Å².